The zero-order valence-electron chi connectivity index (χ0n) is 14.1. The van der Waals surface area contributed by atoms with Crippen LogP contribution in [0.5, 0.6) is 0 Å². The second-order valence-corrected chi connectivity index (χ2v) is 6.42. The summed E-state index contributed by atoms with van der Waals surface area (Å²) in [6.07, 6.45) is 8.18. The summed E-state index contributed by atoms with van der Waals surface area (Å²) in [7, 11) is 0. The standard InChI is InChI=1S/C21H28/c1-6-7-20-13-18(9-8-16(20)4)14-21-11-10-19(15(2)3)12-17(21)5/h8-9,12-13H,2,6-7,10-11,14H2,1,3-5H3. The fraction of sp³-hybridized carbons (Fsp3) is 0.429. The number of aryl methyl sites for hydroxylation is 2. The molecule has 0 unspecified atom stereocenters. The number of benzene rings is 1. The van der Waals surface area contributed by atoms with E-state index < -0.39 is 0 Å². The number of rotatable bonds is 5. The summed E-state index contributed by atoms with van der Waals surface area (Å²) in [5.74, 6) is 0. The van der Waals surface area contributed by atoms with E-state index in [4.69, 9.17) is 0 Å². The Balaban J connectivity index is 2.20. The molecule has 0 heteroatoms. The molecule has 0 saturated heterocycles. The molecular formula is C21H28. The Hall–Kier alpha value is -1.56. The van der Waals surface area contributed by atoms with Gasteiger partial charge >= 0.3 is 0 Å². The van der Waals surface area contributed by atoms with Crippen LogP contribution in [0, 0.1) is 6.92 Å². The van der Waals surface area contributed by atoms with Gasteiger partial charge in [-0.25, -0.2) is 0 Å². The summed E-state index contributed by atoms with van der Waals surface area (Å²) in [6.45, 7) is 12.9. The molecule has 0 radical (unpaired) electrons. The molecule has 0 bridgehead atoms. The van der Waals surface area contributed by atoms with E-state index in [-0.39, 0.29) is 0 Å². The normalized spacial score (nSPS) is 15.1. The second-order valence-electron chi connectivity index (χ2n) is 6.42. The van der Waals surface area contributed by atoms with E-state index in [0.717, 1.165) is 12.8 Å². The average Bonchev–Trinajstić information content (AvgIpc) is 2.44. The van der Waals surface area contributed by atoms with E-state index in [1.807, 2.05) is 0 Å². The van der Waals surface area contributed by atoms with Gasteiger partial charge in [-0.15, -0.1) is 0 Å². The van der Waals surface area contributed by atoms with Crippen molar-refractivity contribution in [1.29, 1.82) is 0 Å². The molecule has 1 aliphatic carbocycles. The predicted molar refractivity (Wildman–Crippen MR) is 93.7 cm³/mol. The van der Waals surface area contributed by atoms with Crippen LogP contribution in [-0.4, -0.2) is 0 Å². The van der Waals surface area contributed by atoms with E-state index in [2.05, 4.69) is 58.5 Å². The first-order chi connectivity index (χ1) is 10.0. The van der Waals surface area contributed by atoms with Gasteiger partial charge in [0, 0.05) is 0 Å². The van der Waals surface area contributed by atoms with Gasteiger partial charge in [0.1, 0.15) is 0 Å². The first-order valence-corrected chi connectivity index (χ1v) is 8.14. The van der Waals surface area contributed by atoms with Gasteiger partial charge in [-0.2, -0.15) is 0 Å². The topological polar surface area (TPSA) is 0 Å². The Kier molecular flexibility index (Phi) is 5.22. The van der Waals surface area contributed by atoms with Crippen molar-refractivity contribution in [2.75, 3.05) is 0 Å². The van der Waals surface area contributed by atoms with Crippen LogP contribution in [0.4, 0.5) is 0 Å². The molecule has 21 heavy (non-hydrogen) atoms. The Morgan fingerprint density at radius 3 is 2.57 bits per heavy atom. The van der Waals surface area contributed by atoms with Crippen LogP contribution in [0.25, 0.3) is 0 Å². The monoisotopic (exact) mass is 280 g/mol. The van der Waals surface area contributed by atoms with Gasteiger partial charge in [-0.3, -0.25) is 0 Å². The molecule has 1 aromatic rings. The highest BCUT2D eigenvalue weighted by Gasteiger charge is 2.12. The van der Waals surface area contributed by atoms with Gasteiger partial charge in [0.2, 0.25) is 0 Å². The predicted octanol–water partition coefficient (Wildman–Crippen LogP) is 6.10. The van der Waals surface area contributed by atoms with Crippen molar-refractivity contribution in [1.82, 2.24) is 0 Å². The molecule has 1 aromatic carbocycles. The minimum atomic E-state index is 1.10. The smallest absolute Gasteiger partial charge is 0.00612 e. The van der Waals surface area contributed by atoms with E-state index in [9.17, 15) is 0 Å². The molecule has 112 valence electrons. The van der Waals surface area contributed by atoms with Crippen LogP contribution in [0.2, 0.25) is 0 Å². The van der Waals surface area contributed by atoms with Gasteiger partial charge in [0.15, 0.2) is 0 Å². The Morgan fingerprint density at radius 2 is 1.95 bits per heavy atom. The minimum Gasteiger partial charge on any atom is -0.0958 e. The molecule has 2 rings (SSSR count). The van der Waals surface area contributed by atoms with E-state index in [0.29, 0.717) is 0 Å². The summed E-state index contributed by atoms with van der Waals surface area (Å²) in [4.78, 5) is 0. The third-order valence-corrected chi connectivity index (χ3v) is 4.54. The highest BCUT2D eigenvalue weighted by Crippen LogP contribution is 2.29. The Labute approximate surface area is 130 Å². The molecule has 0 aromatic heterocycles. The van der Waals surface area contributed by atoms with Gasteiger partial charge in [0.05, 0.1) is 0 Å². The van der Waals surface area contributed by atoms with Gasteiger partial charge in [0.25, 0.3) is 0 Å². The maximum Gasteiger partial charge on any atom is -0.00612 e. The van der Waals surface area contributed by atoms with E-state index in [1.165, 1.54) is 52.7 Å². The summed E-state index contributed by atoms with van der Waals surface area (Å²) in [5, 5.41) is 0. The maximum absolute atomic E-state index is 4.07. The van der Waals surface area contributed by atoms with Crippen LogP contribution in [-0.2, 0) is 12.8 Å². The lowest BCUT2D eigenvalue weighted by Gasteiger charge is -2.19. The molecule has 0 fully saturated rings. The number of hydrogen-bond acceptors (Lipinski definition) is 0. The molecule has 0 nitrogen and oxygen atoms in total. The van der Waals surface area contributed by atoms with Crippen LogP contribution < -0.4 is 0 Å². The van der Waals surface area contributed by atoms with Crippen molar-refractivity contribution in [2.24, 2.45) is 0 Å². The molecule has 0 heterocycles. The lowest BCUT2D eigenvalue weighted by Crippen LogP contribution is -2.02. The van der Waals surface area contributed by atoms with Crippen molar-refractivity contribution in [2.45, 2.75) is 59.8 Å². The van der Waals surface area contributed by atoms with Gasteiger partial charge < -0.3 is 0 Å². The minimum absolute atomic E-state index is 1.10. The fourth-order valence-electron chi connectivity index (χ4n) is 3.10. The van der Waals surface area contributed by atoms with Crippen molar-refractivity contribution in [3.8, 4) is 0 Å². The Bertz CT molecular complexity index is 596. The molecule has 0 saturated carbocycles. The first-order valence-electron chi connectivity index (χ1n) is 8.14. The highest BCUT2D eigenvalue weighted by molar-refractivity contribution is 5.42. The van der Waals surface area contributed by atoms with Crippen molar-refractivity contribution >= 4 is 0 Å². The number of hydrogen-bond donors (Lipinski definition) is 0. The fourth-order valence-corrected chi connectivity index (χ4v) is 3.10. The van der Waals surface area contributed by atoms with Crippen LogP contribution in [0.15, 0.2) is 53.1 Å². The highest BCUT2D eigenvalue weighted by atomic mass is 14.2. The first kappa shape index (κ1) is 15.8. The molecule has 0 N–H and O–H groups in total. The average molecular weight is 280 g/mol. The molecule has 0 aliphatic heterocycles. The summed E-state index contributed by atoms with van der Waals surface area (Å²) < 4.78 is 0. The second kappa shape index (κ2) is 6.93. The SMILES string of the molecule is C=C(C)C1=CC(C)=C(Cc2ccc(C)c(CCC)c2)CC1. The third kappa shape index (κ3) is 3.97. The van der Waals surface area contributed by atoms with Crippen molar-refractivity contribution in [3.05, 3.63) is 69.8 Å². The molecule has 0 amide bonds. The van der Waals surface area contributed by atoms with Crippen LogP contribution >= 0.6 is 0 Å². The largest absolute Gasteiger partial charge is 0.0958 e. The van der Waals surface area contributed by atoms with E-state index >= 15 is 0 Å². The number of allylic oxidation sites excluding steroid dienone is 5. The van der Waals surface area contributed by atoms with Crippen molar-refractivity contribution in [3.63, 3.8) is 0 Å². The zero-order chi connectivity index (χ0) is 15.4. The maximum atomic E-state index is 4.07. The molecule has 0 spiro atoms. The summed E-state index contributed by atoms with van der Waals surface area (Å²) >= 11 is 0. The van der Waals surface area contributed by atoms with Gasteiger partial charge in [-0.1, -0.05) is 60.9 Å². The van der Waals surface area contributed by atoms with E-state index in [1.54, 1.807) is 5.57 Å². The van der Waals surface area contributed by atoms with Gasteiger partial charge in [-0.05, 0) is 68.7 Å². The lowest BCUT2D eigenvalue weighted by atomic mass is 9.86. The zero-order valence-corrected chi connectivity index (χ0v) is 14.1. The Morgan fingerprint density at radius 1 is 1.19 bits per heavy atom. The quantitative estimate of drug-likeness (QED) is 0.611. The third-order valence-electron chi connectivity index (χ3n) is 4.54. The van der Waals surface area contributed by atoms with Crippen molar-refractivity contribution < 1.29 is 0 Å². The molecule has 1 aliphatic rings. The summed E-state index contributed by atoms with van der Waals surface area (Å²) in [6, 6.07) is 7.00. The summed E-state index contributed by atoms with van der Waals surface area (Å²) in [5.41, 5.74) is 10.1. The van der Waals surface area contributed by atoms with Crippen LogP contribution in [0.3, 0.4) is 0 Å². The lowest BCUT2D eigenvalue weighted by molar-refractivity contribution is 0.853. The van der Waals surface area contributed by atoms with Crippen LogP contribution in [0.1, 0.15) is 56.7 Å². The molecule has 0 atom stereocenters. The molecular weight excluding hydrogens is 252 g/mol.